The number of ether oxygens (including phenoxy) is 2. The molecule has 0 aliphatic carbocycles. The predicted octanol–water partition coefficient (Wildman–Crippen LogP) is 2.09. The zero-order valence-electron chi connectivity index (χ0n) is 12.0. The van der Waals surface area contributed by atoms with Gasteiger partial charge in [0, 0.05) is 6.04 Å². The molecule has 0 spiro atoms. The highest BCUT2D eigenvalue weighted by atomic mass is 35.5. The maximum Gasteiger partial charge on any atom is 0.338 e. The van der Waals surface area contributed by atoms with Crippen molar-refractivity contribution in [2.75, 3.05) is 14.2 Å². The Hall–Kier alpha value is -1.59. The van der Waals surface area contributed by atoms with E-state index < -0.39 is 23.4 Å². The van der Waals surface area contributed by atoms with Gasteiger partial charge >= 0.3 is 11.9 Å². The first-order valence-corrected chi connectivity index (χ1v) is 5.87. The monoisotopic (exact) mass is 301 g/mol. The van der Waals surface area contributed by atoms with E-state index >= 15 is 0 Å². The molecule has 0 saturated heterocycles. The van der Waals surface area contributed by atoms with E-state index in [-0.39, 0.29) is 12.4 Å². The van der Waals surface area contributed by atoms with Crippen molar-refractivity contribution in [3.8, 4) is 0 Å². The number of hydrogen-bond acceptors (Lipinski definition) is 5. The minimum absolute atomic E-state index is 0. The summed E-state index contributed by atoms with van der Waals surface area (Å²) in [7, 11) is 2.61. The molecule has 20 heavy (non-hydrogen) atoms. The summed E-state index contributed by atoms with van der Waals surface area (Å²) >= 11 is 0. The average Bonchev–Trinajstić information content (AvgIpc) is 2.44. The van der Waals surface area contributed by atoms with Crippen LogP contribution in [0.25, 0.3) is 0 Å². The quantitative estimate of drug-likeness (QED) is 0.862. The van der Waals surface area contributed by atoms with Crippen LogP contribution in [0.1, 0.15) is 35.8 Å². The lowest BCUT2D eigenvalue weighted by molar-refractivity contribution is -0.152. The minimum Gasteiger partial charge on any atom is -0.469 e. The lowest BCUT2D eigenvalue weighted by Gasteiger charge is -2.29. The van der Waals surface area contributed by atoms with E-state index in [0.717, 1.165) is 0 Å². The van der Waals surface area contributed by atoms with Crippen LogP contribution in [0.4, 0.5) is 0 Å². The third kappa shape index (κ3) is 3.49. The summed E-state index contributed by atoms with van der Waals surface area (Å²) in [6.07, 6.45) is 0. The lowest BCUT2D eigenvalue weighted by Crippen LogP contribution is -2.38. The van der Waals surface area contributed by atoms with E-state index in [9.17, 15) is 9.59 Å². The second kappa shape index (κ2) is 7.26. The van der Waals surface area contributed by atoms with Gasteiger partial charge in [0.1, 0.15) is 0 Å². The van der Waals surface area contributed by atoms with Crippen molar-refractivity contribution in [2.45, 2.75) is 19.9 Å². The fourth-order valence-corrected chi connectivity index (χ4v) is 1.84. The molecule has 5 nitrogen and oxygen atoms in total. The van der Waals surface area contributed by atoms with E-state index in [4.69, 9.17) is 15.2 Å². The summed E-state index contributed by atoms with van der Waals surface area (Å²) in [5.74, 6) is -0.911. The molecule has 0 heterocycles. The fourth-order valence-electron chi connectivity index (χ4n) is 1.84. The van der Waals surface area contributed by atoms with Crippen LogP contribution < -0.4 is 5.73 Å². The van der Waals surface area contributed by atoms with E-state index in [2.05, 4.69) is 0 Å². The van der Waals surface area contributed by atoms with Gasteiger partial charge in [0.05, 0.1) is 25.2 Å². The Kier molecular flexibility index (Phi) is 6.68. The zero-order chi connectivity index (χ0) is 14.6. The normalized spacial score (nSPS) is 12.1. The lowest BCUT2D eigenvalue weighted by atomic mass is 9.79. The summed E-state index contributed by atoms with van der Waals surface area (Å²) in [5.41, 5.74) is 6.10. The number of methoxy groups -OCH3 is 2. The van der Waals surface area contributed by atoms with Gasteiger partial charge in [0.2, 0.25) is 0 Å². The molecule has 0 aliphatic heterocycles. The van der Waals surface area contributed by atoms with Crippen LogP contribution in [0, 0.1) is 5.41 Å². The molecular weight excluding hydrogens is 282 g/mol. The van der Waals surface area contributed by atoms with Gasteiger partial charge in [-0.25, -0.2) is 4.79 Å². The van der Waals surface area contributed by atoms with Gasteiger partial charge in [0.15, 0.2) is 0 Å². The first kappa shape index (κ1) is 18.4. The molecule has 112 valence electrons. The number of nitrogens with two attached hydrogens (primary N) is 1. The van der Waals surface area contributed by atoms with Crippen molar-refractivity contribution in [1.29, 1.82) is 0 Å². The molecule has 0 amide bonds. The van der Waals surface area contributed by atoms with Gasteiger partial charge in [0.25, 0.3) is 0 Å². The molecule has 0 aromatic heterocycles. The van der Waals surface area contributed by atoms with Crippen molar-refractivity contribution in [1.82, 2.24) is 0 Å². The third-order valence-electron chi connectivity index (χ3n) is 3.19. The first-order valence-electron chi connectivity index (χ1n) is 5.87. The van der Waals surface area contributed by atoms with Crippen molar-refractivity contribution in [3.05, 3.63) is 35.4 Å². The Morgan fingerprint density at radius 2 is 1.70 bits per heavy atom. The van der Waals surface area contributed by atoms with Gasteiger partial charge in [-0.3, -0.25) is 4.79 Å². The third-order valence-corrected chi connectivity index (χ3v) is 3.19. The smallest absolute Gasteiger partial charge is 0.338 e. The number of esters is 2. The van der Waals surface area contributed by atoms with Gasteiger partial charge < -0.3 is 15.2 Å². The highest BCUT2D eigenvalue weighted by Gasteiger charge is 2.38. The molecule has 2 N–H and O–H groups in total. The van der Waals surface area contributed by atoms with E-state index in [1.807, 2.05) is 0 Å². The van der Waals surface area contributed by atoms with Crippen LogP contribution in [-0.2, 0) is 14.3 Å². The second-order valence-corrected chi connectivity index (χ2v) is 4.77. The zero-order valence-corrected chi connectivity index (χ0v) is 12.8. The van der Waals surface area contributed by atoms with Crippen molar-refractivity contribution in [3.63, 3.8) is 0 Å². The molecule has 0 aliphatic rings. The summed E-state index contributed by atoms with van der Waals surface area (Å²) < 4.78 is 9.47. The molecule has 1 aromatic carbocycles. The van der Waals surface area contributed by atoms with Crippen molar-refractivity contribution in [2.24, 2.45) is 11.1 Å². The summed E-state index contributed by atoms with van der Waals surface area (Å²) in [5, 5.41) is 0. The van der Waals surface area contributed by atoms with Crippen LogP contribution in [-0.4, -0.2) is 26.2 Å². The minimum atomic E-state index is -0.946. The molecule has 0 bridgehead atoms. The van der Waals surface area contributed by atoms with Gasteiger partial charge in [-0.2, -0.15) is 0 Å². The van der Waals surface area contributed by atoms with Gasteiger partial charge in [-0.05, 0) is 25.5 Å². The Morgan fingerprint density at radius 1 is 1.15 bits per heavy atom. The van der Waals surface area contributed by atoms with E-state index in [1.54, 1.807) is 38.1 Å². The highest BCUT2D eigenvalue weighted by molar-refractivity contribution is 5.91. The number of halogens is 1. The first-order chi connectivity index (χ1) is 8.86. The Morgan fingerprint density at radius 3 is 2.20 bits per heavy atom. The average molecular weight is 302 g/mol. The number of carbonyl (C=O) groups is 2. The number of hydrogen-bond donors (Lipinski definition) is 1. The highest BCUT2D eigenvalue weighted by Crippen LogP contribution is 2.34. The van der Waals surface area contributed by atoms with Crippen LogP contribution in [0.3, 0.4) is 0 Å². The SMILES string of the molecule is COC(=O)c1ccccc1[C@@H](N)C(C)(C)C(=O)OC.Cl. The van der Waals surface area contributed by atoms with Crippen LogP contribution >= 0.6 is 12.4 Å². The van der Waals surface area contributed by atoms with Crippen LogP contribution in [0.2, 0.25) is 0 Å². The maximum absolute atomic E-state index is 11.8. The van der Waals surface area contributed by atoms with Crippen molar-refractivity contribution >= 4 is 24.3 Å². The number of carbonyl (C=O) groups excluding carboxylic acids is 2. The maximum atomic E-state index is 11.8. The largest absolute Gasteiger partial charge is 0.469 e. The number of benzene rings is 1. The number of rotatable bonds is 4. The Labute approximate surface area is 124 Å². The summed E-state index contributed by atoms with van der Waals surface area (Å²) in [6.45, 7) is 3.36. The van der Waals surface area contributed by atoms with E-state index in [1.165, 1.54) is 14.2 Å². The molecule has 1 aromatic rings. The Balaban J connectivity index is 0.00000361. The molecule has 6 heteroatoms. The second-order valence-electron chi connectivity index (χ2n) is 4.77. The standard InChI is InChI=1S/C14H19NO4.ClH/c1-14(2,13(17)19-4)11(15)9-7-5-6-8-10(9)12(16)18-3;/h5-8,11H,15H2,1-4H3;1H/t11-;/m1./s1. The summed E-state index contributed by atoms with van der Waals surface area (Å²) in [4.78, 5) is 23.5. The van der Waals surface area contributed by atoms with Crippen LogP contribution in [0.15, 0.2) is 24.3 Å². The summed E-state index contributed by atoms with van der Waals surface area (Å²) in [6, 6.07) is 6.13. The van der Waals surface area contributed by atoms with Crippen molar-refractivity contribution < 1.29 is 19.1 Å². The molecule has 0 unspecified atom stereocenters. The topological polar surface area (TPSA) is 78.6 Å². The molecule has 1 atom stereocenters. The fraction of sp³-hybridized carbons (Fsp3) is 0.429. The van der Waals surface area contributed by atoms with E-state index in [0.29, 0.717) is 11.1 Å². The molecule has 1 rings (SSSR count). The molecule has 0 saturated carbocycles. The predicted molar refractivity (Wildman–Crippen MR) is 77.8 cm³/mol. The molecular formula is C14H20ClNO4. The Bertz CT molecular complexity index is 488. The van der Waals surface area contributed by atoms with Gasteiger partial charge in [-0.15, -0.1) is 12.4 Å². The van der Waals surface area contributed by atoms with Crippen LogP contribution in [0.5, 0.6) is 0 Å². The molecule has 0 fully saturated rings. The molecule has 0 radical (unpaired) electrons. The van der Waals surface area contributed by atoms with Gasteiger partial charge in [-0.1, -0.05) is 18.2 Å².